The highest BCUT2D eigenvalue weighted by atomic mass is 16.5. The summed E-state index contributed by atoms with van der Waals surface area (Å²) in [6, 6.07) is 8.31. The van der Waals surface area contributed by atoms with Gasteiger partial charge in [-0.3, -0.25) is 4.79 Å². The van der Waals surface area contributed by atoms with Crippen molar-refractivity contribution in [1.29, 1.82) is 0 Å². The van der Waals surface area contributed by atoms with Crippen LogP contribution in [0.4, 0.5) is 0 Å². The van der Waals surface area contributed by atoms with Crippen molar-refractivity contribution in [1.82, 2.24) is 5.32 Å². The van der Waals surface area contributed by atoms with E-state index in [0.29, 0.717) is 13.2 Å². The third-order valence-corrected chi connectivity index (χ3v) is 2.86. The molecule has 1 aromatic rings. The highest BCUT2D eigenvalue weighted by Crippen LogP contribution is 2.06. The van der Waals surface area contributed by atoms with Crippen molar-refractivity contribution < 1.29 is 9.53 Å². The number of benzene rings is 1. The second kappa shape index (κ2) is 8.70. The average molecular weight is 249 g/mol. The molecule has 0 aromatic heterocycles. The second-order valence-electron chi connectivity index (χ2n) is 4.43. The summed E-state index contributed by atoms with van der Waals surface area (Å²) in [5, 5.41) is 3.11. The Morgan fingerprint density at radius 2 is 2.11 bits per heavy atom. The highest BCUT2D eigenvalue weighted by molar-refractivity contribution is 5.71. The maximum atomic E-state index is 11.3. The second-order valence-corrected chi connectivity index (χ2v) is 4.43. The van der Waals surface area contributed by atoms with Crippen molar-refractivity contribution in [2.24, 2.45) is 0 Å². The summed E-state index contributed by atoms with van der Waals surface area (Å²) in [7, 11) is 0. The first-order valence-corrected chi connectivity index (χ1v) is 6.65. The van der Waals surface area contributed by atoms with Gasteiger partial charge in [0.15, 0.2) is 0 Å². The van der Waals surface area contributed by atoms with Crippen LogP contribution in [0, 0.1) is 6.92 Å². The molecule has 3 heteroatoms. The number of carbonyl (C=O) groups excluding carboxylic acids is 1. The number of hydrogen-bond acceptors (Lipinski definition) is 3. The maximum absolute atomic E-state index is 11.3. The topological polar surface area (TPSA) is 38.3 Å². The minimum absolute atomic E-state index is 0.159. The Labute approximate surface area is 110 Å². The SMILES string of the molecule is CCCCOC(=O)CNCCc1ccccc1C. The van der Waals surface area contributed by atoms with Gasteiger partial charge >= 0.3 is 5.97 Å². The van der Waals surface area contributed by atoms with Crippen LogP contribution in [0.15, 0.2) is 24.3 Å². The monoisotopic (exact) mass is 249 g/mol. The lowest BCUT2D eigenvalue weighted by Crippen LogP contribution is -2.27. The molecule has 0 bridgehead atoms. The summed E-state index contributed by atoms with van der Waals surface area (Å²) in [5.41, 5.74) is 2.62. The zero-order valence-electron chi connectivity index (χ0n) is 11.4. The van der Waals surface area contributed by atoms with E-state index in [2.05, 4.69) is 31.3 Å². The average Bonchev–Trinajstić information content (AvgIpc) is 2.37. The molecule has 0 fully saturated rings. The first-order valence-electron chi connectivity index (χ1n) is 6.65. The quantitative estimate of drug-likeness (QED) is 0.568. The summed E-state index contributed by atoms with van der Waals surface area (Å²) in [4.78, 5) is 11.3. The summed E-state index contributed by atoms with van der Waals surface area (Å²) in [6.07, 6.45) is 2.93. The normalized spacial score (nSPS) is 10.3. The lowest BCUT2D eigenvalue weighted by molar-refractivity contribution is -0.142. The van der Waals surface area contributed by atoms with Crippen LogP contribution in [0.2, 0.25) is 0 Å². The smallest absolute Gasteiger partial charge is 0.319 e. The molecule has 0 radical (unpaired) electrons. The van der Waals surface area contributed by atoms with E-state index in [1.807, 2.05) is 12.1 Å². The van der Waals surface area contributed by atoms with Crippen LogP contribution in [0.1, 0.15) is 30.9 Å². The summed E-state index contributed by atoms with van der Waals surface area (Å²) in [6.45, 7) is 5.82. The minimum atomic E-state index is -0.159. The maximum Gasteiger partial charge on any atom is 0.319 e. The lowest BCUT2D eigenvalue weighted by Gasteiger charge is -2.07. The first-order chi connectivity index (χ1) is 8.74. The van der Waals surface area contributed by atoms with Crippen LogP contribution < -0.4 is 5.32 Å². The number of nitrogens with one attached hydrogen (secondary N) is 1. The zero-order valence-corrected chi connectivity index (χ0v) is 11.4. The van der Waals surface area contributed by atoms with Crippen LogP contribution in [0.25, 0.3) is 0 Å². The van der Waals surface area contributed by atoms with Crippen molar-refractivity contribution in [2.75, 3.05) is 19.7 Å². The van der Waals surface area contributed by atoms with Crippen molar-refractivity contribution in [3.05, 3.63) is 35.4 Å². The molecule has 1 aromatic carbocycles. The highest BCUT2D eigenvalue weighted by Gasteiger charge is 2.02. The van der Waals surface area contributed by atoms with E-state index in [1.165, 1.54) is 11.1 Å². The van der Waals surface area contributed by atoms with E-state index in [4.69, 9.17) is 4.74 Å². The van der Waals surface area contributed by atoms with Crippen molar-refractivity contribution in [2.45, 2.75) is 33.1 Å². The van der Waals surface area contributed by atoms with E-state index < -0.39 is 0 Å². The fourth-order valence-corrected chi connectivity index (χ4v) is 1.69. The largest absolute Gasteiger partial charge is 0.465 e. The Kier molecular flexibility index (Phi) is 7.11. The van der Waals surface area contributed by atoms with Crippen molar-refractivity contribution >= 4 is 5.97 Å². The molecule has 0 aliphatic rings. The Morgan fingerprint density at radius 3 is 2.83 bits per heavy atom. The molecule has 0 aliphatic carbocycles. The fourth-order valence-electron chi connectivity index (χ4n) is 1.69. The van der Waals surface area contributed by atoms with Crippen LogP contribution >= 0.6 is 0 Å². The number of rotatable bonds is 8. The zero-order chi connectivity index (χ0) is 13.2. The fraction of sp³-hybridized carbons (Fsp3) is 0.533. The van der Waals surface area contributed by atoms with Gasteiger partial charge in [-0.25, -0.2) is 0 Å². The molecule has 0 amide bonds. The van der Waals surface area contributed by atoms with Gasteiger partial charge in [0.25, 0.3) is 0 Å². The van der Waals surface area contributed by atoms with E-state index in [-0.39, 0.29) is 5.97 Å². The number of esters is 1. The van der Waals surface area contributed by atoms with Crippen molar-refractivity contribution in [3.63, 3.8) is 0 Å². The molecule has 0 unspecified atom stereocenters. The molecule has 100 valence electrons. The van der Waals surface area contributed by atoms with E-state index in [1.54, 1.807) is 0 Å². The molecular formula is C15H23NO2. The predicted octanol–water partition coefficient (Wildman–Crippen LogP) is 2.47. The van der Waals surface area contributed by atoms with Crippen LogP contribution in [0.5, 0.6) is 0 Å². The van der Waals surface area contributed by atoms with E-state index in [9.17, 15) is 4.79 Å². The minimum Gasteiger partial charge on any atom is -0.465 e. The summed E-state index contributed by atoms with van der Waals surface area (Å²) in [5.74, 6) is -0.159. The van der Waals surface area contributed by atoms with E-state index in [0.717, 1.165) is 25.8 Å². The number of carbonyl (C=O) groups is 1. The standard InChI is InChI=1S/C15H23NO2/c1-3-4-11-18-15(17)12-16-10-9-14-8-6-5-7-13(14)2/h5-8,16H,3-4,9-12H2,1-2H3. The Morgan fingerprint density at radius 1 is 1.33 bits per heavy atom. The number of unbranched alkanes of at least 4 members (excludes halogenated alkanes) is 1. The van der Waals surface area contributed by atoms with Gasteiger partial charge in [-0.15, -0.1) is 0 Å². The van der Waals surface area contributed by atoms with Crippen LogP contribution in [-0.2, 0) is 16.0 Å². The third kappa shape index (κ3) is 5.82. The molecule has 1 N–H and O–H groups in total. The Hall–Kier alpha value is -1.35. The van der Waals surface area contributed by atoms with E-state index >= 15 is 0 Å². The van der Waals surface area contributed by atoms with Gasteiger partial charge in [-0.05, 0) is 37.4 Å². The molecule has 0 atom stereocenters. The molecular weight excluding hydrogens is 226 g/mol. The lowest BCUT2D eigenvalue weighted by atomic mass is 10.1. The molecule has 0 heterocycles. The van der Waals surface area contributed by atoms with Crippen LogP contribution in [-0.4, -0.2) is 25.7 Å². The third-order valence-electron chi connectivity index (χ3n) is 2.86. The molecule has 0 spiro atoms. The van der Waals surface area contributed by atoms with Gasteiger partial charge in [-0.1, -0.05) is 37.6 Å². The van der Waals surface area contributed by atoms with Gasteiger partial charge in [0.2, 0.25) is 0 Å². The molecule has 0 aliphatic heterocycles. The molecule has 18 heavy (non-hydrogen) atoms. The molecule has 0 saturated carbocycles. The number of ether oxygens (including phenoxy) is 1. The van der Waals surface area contributed by atoms with Gasteiger partial charge < -0.3 is 10.1 Å². The predicted molar refractivity (Wildman–Crippen MR) is 73.6 cm³/mol. The van der Waals surface area contributed by atoms with Gasteiger partial charge in [0.1, 0.15) is 0 Å². The van der Waals surface area contributed by atoms with Crippen molar-refractivity contribution in [3.8, 4) is 0 Å². The molecule has 0 saturated heterocycles. The summed E-state index contributed by atoms with van der Waals surface area (Å²) >= 11 is 0. The van der Waals surface area contributed by atoms with Gasteiger partial charge in [0.05, 0.1) is 13.2 Å². The molecule has 1 rings (SSSR count). The summed E-state index contributed by atoms with van der Waals surface area (Å²) < 4.78 is 5.06. The van der Waals surface area contributed by atoms with Gasteiger partial charge in [-0.2, -0.15) is 0 Å². The Balaban J connectivity index is 2.12. The Bertz CT molecular complexity index is 363. The van der Waals surface area contributed by atoms with Gasteiger partial charge in [0, 0.05) is 0 Å². The van der Waals surface area contributed by atoms with Crippen LogP contribution in [0.3, 0.4) is 0 Å². The molecule has 3 nitrogen and oxygen atoms in total. The number of aryl methyl sites for hydroxylation is 1. The number of hydrogen-bond donors (Lipinski definition) is 1. The first kappa shape index (κ1) is 14.7.